The number of rotatable bonds is 3. The topological polar surface area (TPSA) is 39.5 Å². The molecule has 5 nitrogen and oxygen atoms in total. The number of nitrogens with zero attached hydrogens (tertiary/aromatic N) is 3. The summed E-state index contributed by atoms with van der Waals surface area (Å²) >= 11 is 0. The molecule has 5 rings (SSSR count). The maximum atomic E-state index is 5.98. The molecule has 3 saturated heterocycles. The standard InChI is InChI=1S/C21H29N3O2/c1-15-12-23(18-13-25-14-18)8-7-19(15)16-5-6-17-11-22-24(20(17)10-16)21-4-2-3-9-26-21/h5-6,10-11,15,18-19,21H,2-4,7-9,12-14H2,1H3/t15-,19?,21?/m1/s1. The van der Waals surface area contributed by atoms with Gasteiger partial charge in [-0.3, -0.25) is 4.90 Å². The highest BCUT2D eigenvalue weighted by atomic mass is 16.5. The number of ether oxygens (including phenoxy) is 2. The first-order valence-electron chi connectivity index (χ1n) is 10.2. The van der Waals surface area contributed by atoms with Gasteiger partial charge in [-0.15, -0.1) is 0 Å². The lowest BCUT2D eigenvalue weighted by molar-refractivity contribution is -0.0773. The summed E-state index contributed by atoms with van der Waals surface area (Å²) in [6.07, 6.45) is 6.79. The molecule has 4 heterocycles. The lowest BCUT2D eigenvalue weighted by atomic mass is 9.81. The number of fused-ring (bicyclic) bond motifs is 1. The van der Waals surface area contributed by atoms with E-state index in [4.69, 9.17) is 9.47 Å². The summed E-state index contributed by atoms with van der Waals surface area (Å²) in [5.41, 5.74) is 2.70. The van der Waals surface area contributed by atoms with Crippen molar-refractivity contribution in [2.75, 3.05) is 32.9 Å². The molecule has 0 amide bonds. The van der Waals surface area contributed by atoms with Gasteiger partial charge in [-0.2, -0.15) is 5.10 Å². The monoisotopic (exact) mass is 355 g/mol. The second kappa shape index (κ2) is 6.95. The zero-order chi connectivity index (χ0) is 17.5. The molecule has 1 aromatic carbocycles. The molecule has 3 atom stereocenters. The Bertz CT molecular complexity index is 764. The van der Waals surface area contributed by atoms with Gasteiger partial charge < -0.3 is 9.47 Å². The van der Waals surface area contributed by atoms with Crippen LogP contribution in [0.15, 0.2) is 24.4 Å². The first-order chi connectivity index (χ1) is 12.8. The van der Waals surface area contributed by atoms with Crippen molar-refractivity contribution in [2.24, 2.45) is 5.92 Å². The highest BCUT2D eigenvalue weighted by Crippen LogP contribution is 2.36. The van der Waals surface area contributed by atoms with E-state index in [0.717, 1.165) is 26.2 Å². The summed E-state index contributed by atoms with van der Waals surface area (Å²) in [7, 11) is 0. The Morgan fingerprint density at radius 2 is 2.08 bits per heavy atom. The molecule has 1 aromatic heterocycles. The maximum Gasteiger partial charge on any atom is 0.150 e. The average molecular weight is 355 g/mol. The number of likely N-dealkylation sites (tertiary alicyclic amines) is 1. The molecule has 0 spiro atoms. The summed E-state index contributed by atoms with van der Waals surface area (Å²) in [6.45, 7) is 7.47. The quantitative estimate of drug-likeness (QED) is 0.844. The summed E-state index contributed by atoms with van der Waals surface area (Å²) in [5.74, 6) is 1.30. The van der Waals surface area contributed by atoms with Crippen LogP contribution in [0.4, 0.5) is 0 Å². The van der Waals surface area contributed by atoms with E-state index in [0.29, 0.717) is 17.9 Å². The zero-order valence-electron chi connectivity index (χ0n) is 15.6. The Balaban J connectivity index is 1.38. The summed E-state index contributed by atoms with van der Waals surface area (Å²) in [4.78, 5) is 2.63. The van der Waals surface area contributed by atoms with Crippen LogP contribution in [-0.4, -0.2) is 53.6 Å². The molecule has 0 aliphatic carbocycles. The molecule has 26 heavy (non-hydrogen) atoms. The van der Waals surface area contributed by atoms with Gasteiger partial charge in [-0.05, 0) is 55.7 Å². The van der Waals surface area contributed by atoms with Crippen LogP contribution < -0.4 is 0 Å². The SMILES string of the molecule is C[C@@H]1CN(C2COC2)CCC1c1ccc2cnn(C3CCCCO3)c2c1. The Morgan fingerprint density at radius 3 is 2.81 bits per heavy atom. The molecule has 3 aliphatic heterocycles. The van der Waals surface area contributed by atoms with E-state index < -0.39 is 0 Å². The molecule has 5 heteroatoms. The van der Waals surface area contributed by atoms with Crippen LogP contribution in [0.1, 0.15) is 50.3 Å². The molecular formula is C21H29N3O2. The van der Waals surface area contributed by atoms with Crippen molar-refractivity contribution in [3.63, 3.8) is 0 Å². The molecule has 3 fully saturated rings. The van der Waals surface area contributed by atoms with Crippen LogP contribution in [0.2, 0.25) is 0 Å². The van der Waals surface area contributed by atoms with E-state index in [1.807, 2.05) is 6.20 Å². The Kier molecular flexibility index (Phi) is 4.47. The number of piperidine rings is 1. The van der Waals surface area contributed by atoms with Gasteiger partial charge in [-0.1, -0.05) is 19.1 Å². The minimum Gasteiger partial charge on any atom is -0.378 e. The summed E-state index contributed by atoms with van der Waals surface area (Å²) in [5, 5.41) is 5.87. The number of hydrogen-bond donors (Lipinski definition) is 0. The lowest BCUT2D eigenvalue weighted by Gasteiger charge is -2.44. The number of aromatic nitrogens is 2. The third-order valence-corrected chi connectivity index (χ3v) is 6.55. The van der Waals surface area contributed by atoms with Crippen molar-refractivity contribution in [3.05, 3.63) is 30.0 Å². The largest absolute Gasteiger partial charge is 0.378 e. The predicted molar refractivity (Wildman–Crippen MR) is 101 cm³/mol. The van der Waals surface area contributed by atoms with Gasteiger partial charge in [-0.25, -0.2) is 4.68 Å². The van der Waals surface area contributed by atoms with E-state index in [-0.39, 0.29) is 6.23 Å². The Hall–Kier alpha value is -1.43. The highest BCUT2D eigenvalue weighted by molar-refractivity contribution is 5.79. The van der Waals surface area contributed by atoms with Crippen molar-refractivity contribution < 1.29 is 9.47 Å². The average Bonchev–Trinajstić information content (AvgIpc) is 3.04. The maximum absolute atomic E-state index is 5.98. The van der Waals surface area contributed by atoms with Crippen molar-refractivity contribution >= 4 is 10.9 Å². The van der Waals surface area contributed by atoms with Crippen LogP contribution in [0, 0.1) is 5.92 Å². The van der Waals surface area contributed by atoms with Crippen molar-refractivity contribution in [1.82, 2.24) is 14.7 Å². The van der Waals surface area contributed by atoms with E-state index >= 15 is 0 Å². The van der Waals surface area contributed by atoms with Gasteiger partial charge in [0, 0.05) is 18.5 Å². The third-order valence-electron chi connectivity index (χ3n) is 6.55. The molecule has 0 bridgehead atoms. The van der Waals surface area contributed by atoms with Gasteiger partial charge in [0.2, 0.25) is 0 Å². The fourth-order valence-corrected chi connectivity index (χ4v) is 4.87. The minimum absolute atomic E-state index is 0.106. The fraction of sp³-hybridized carbons (Fsp3) is 0.667. The van der Waals surface area contributed by atoms with Crippen LogP contribution in [0.3, 0.4) is 0 Å². The summed E-state index contributed by atoms with van der Waals surface area (Å²) in [6, 6.07) is 7.60. The third kappa shape index (κ3) is 2.96. The van der Waals surface area contributed by atoms with E-state index in [1.165, 1.54) is 48.8 Å². The Morgan fingerprint density at radius 1 is 1.15 bits per heavy atom. The first kappa shape index (κ1) is 16.7. The van der Waals surface area contributed by atoms with Crippen LogP contribution in [-0.2, 0) is 9.47 Å². The molecular weight excluding hydrogens is 326 g/mol. The smallest absolute Gasteiger partial charge is 0.150 e. The minimum atomic E-state index is 0.106. The van der Waals surface area contributed by atoms with Gasteiger partial charge in [0.1, 0.15) is 0 Å². The van der Waals surface area contributed by atoms with Crippen LogP contribution >= 0.6 is 0 Å². The van der Waals surface area contributed by atoms with E-state index in [2.05, 4.69) is 39.8 Å². The van der Waals surface area contributed by atoms with E-state index in [1.54, 1.807) is 0 Å². The zero-order valence-corrected chi connectivity index (χ0v) is 15.6. The molecule has 0 N–H and O–H groups in total. The summed E-state index contributed by atoms with van der Waals surface area (Å²) < 4.78 is 13.5. The van der Waals surface area contributed by atoms with Gasteiger partial charge >= 0.3 is 0 Å². The molecule has 2 unspecified atom stereocenters. The van der Waals surface area contributed by atoms with Gasteiger partial charge in [0.15, 0.2) is 6.23 Å². The van der Waals surface area contributed by atoms with Gasteiger partial charge in [0.25, 0.3) is 0 Å². The molecule has 2 aromatic rings. The fourth-order valence-electron chi connectivity index (χ4n) is 4.87. The second-order valence-corrected chi connectivity index (χ2v) is 8.29. The van der Waals surface area contributed by atoms with Crippen LogP contribution in [0.25, 0.3) is 10.9 Å². The van der Waals surface area contributed by atoms with Crippen molar-refractivity contribution in [2.45, 2.75) is 50.8 Å². The normalized spacial score (nSPS) is 31.2. The highest BCUT2D eigenvalue weighted by Gasteiger charge is 2.34. The second-order valence-electron chi connectivity index (χ2n) is 8.29. The lowest BCUT2D eigenvalue weighted by Crippen LogP contribution is -2.53. The van der Waals surface area contributed by atoms with Crippen molar-refractivity contribution in [1.29, 1.82) is 0 Å². The van der Waals surface area contributed by atoms with Crippen molar-refractivity contribution in [3.8, 4) is 0 Å². The molecule has 140 valence electrons. The molecule has 0 saturated carbocycles. The van der Waals surface area contributed by atoms with Crippen LogP contribution in [0.5, 0.6) is 0 Å². The van der Waals surface area contributed by atoms with Gasteiger partial charge in [0.05, 0.1) is 31.0 Å². The predicted octanol–water partition coefficient (Wildman–Crippen LogP) is 3.56. The number of hydrogen-bond acceptors (Lipinski definition) is 4. The Labute approximate surface area is 155 Å². The number of benzene rings is 1. The van der Waals surface area contributed by atoms with E-state index in [9.17, 15) is 0 Å². The molecule has 0 radical (unpaired) electrons. The molecule has 3 aliphatic rings. The first-order valence-corrected chi connectivity index (χ1v) is 10.2.